The highest BCUT2D eigenvalue weighted by atomic mass is 32.2. The van der Waals surface area contributed by atoms with Crippen molar-refractivity contribution in [2.75, 3.05) is 18.1 Å². The van der Waals surface area contributed by atoms with Crippen LogP contribution in [0.4, 0.5) is 0 Å². The molecule has 1 rings (SSSR count). The molecule has 1 heterocycles. The molecule has 0 aromatic heterocycles. The van der Waals surface area contributed by atoms with Gasteiger partial charge in [0.2, 0.25) is 0 Å². The Hall–Kier alpha value is -0.900. The zero-order valence-corrected chi connectivity index (χ0v) is 13.0. The maximum absolute atomic E-state index is 10.8. The van der Waals surface area contributed by atoms with Gasteiger partial charge in [0.25, 0.3) is 20.2 Å². The van der Waals surface area contributed by atoms with Gasteiger partial charge in [-0.3, -0.25) is 9.11 Å². The van der Waals surface area contributed by atoms with Crippen molar-refractivity contribution in [2.24, 2.45) is 0 Å². The minimum atomic E-state index is -4.08. The van der Waals surface area contributed by atoms with E-state index >= 15 is 0 Å². The molecule has 0 aromatic carbocycles. The first-order valence-electron chi connectivity index (χ1n) is 5.96. The lowest BCUT2D eigenvalue weighted by Gasteiger charge is -2.38. The van der Waals surface area contributed by atoms with E-state index in [0.29, 0.717) is 12.1 Å². The van der Waals surface area contributed by atoms with Gasteiger partial charge >= 0.3 is 0 Å². The molecule has 0 spiro atoms. The fourth-order valence-electron chi connectivity index (χ4n) is 2.04. The summed E-state index contributed by atoms with van der Waals surface area (Å²) in [7, 11) is -8.05. The van der Waals surface area contributed by atoms with E-state index in [1.807, 2.05) is 18.7 Å². The van der Waals surface area contributed by atoms with Crippen LogP contribution in [0.1, 0.15) is 20.3 Å². The van der Waals surface area contributed by atoms with Crippen LogP contribution in [-0.2, 0) is 20.2 Å². The number of rotatable bonds is 6. The lowest BCUT2D eigenvalue weighted by Crippen LogP contribution is -2.41. The Balaban J connectivity index is 2.69. The van der Waals surface area contributed by atoms with Gasteiger partial charge in [0.1, 0.15) is 5.75 Å². The number of hydrogen-bond donors (Lipinski definition) is 2. The second-order valence-corrected chi connectivity index (χ2v) is 8.27. The number of nitrogens with zero attached hydrogens (tertiary/aromatic N) is 1. The quantitative estimate of drug-likeness (QED) is 0.691. The van der Waals surface area contributed by atoms with Gasteiger partial charge in [-0.15, -0.1) is 0 Å². The summed E-state index contributed by atoms with van der Waals surface area (Å²) in [6.45, 7) is 4.08. The maximum Gasteiger partial charge on any atom is 0.269 e. The molecule has 20 heavy (non-hydrogen) atoms. The van der Waals surface area contributed by atoms with Crippen LogP contribution in [0.5, 0.6) is 0 Å². The molecule has 0 atom stereocenters. The molecule has 0 fully saturated rings. The predicted octanol–water partition coefficient (Wildman–Crippen LogP) is 0.686. The molecule has 0 saturated carbocycles. The summed E-state index contributed by atoms with van der Waals surface area (Å²) < 4.78 is 60.5. The molecule has 0 unspecified atom stereocenters. The van der Waals surface area contributed by atoms with Gasteiger partial charge in [-0.25, -0.2) is 0 Å². The van der Waals surface area contributed by atoms with Crippen molar-refractivity contribution in [1.82, 2.24) is 4.90 Å². The first kappa shape index (κ1) is 17.2. The molecule has 0 aliphatic carbocycles. The fourth-order valence-corrected chi connectivity index (χ4v) is 3.14. The Kier molecular flexibility index (Phi) is 5.01. The lowest BCUT2D eigenvalue weighted by atomic mass is 9.96. The van der Waals surface area contributed by atoms with Crippen LogP contribution >= 0.6 is 0 Å². The molecule has 116 valence electrons. The molecule has 0 radical (unpaired) electrons. The van der Waals surface area contributed by atoms with Gasteiger partial charge in [0, 0.05) is 12.7 Å². The first-order chi connectivity index (χ1) is 8.89. The Bertz CT molecular complexity index is 615. The second kappa shape index (κ2) is 5.84. The molecule has 1 aliphatic rings. The van der Waals surface area contributed by atoms with Crippen LogP contribution in [0.3, 0.4) is 0 Å². The normalized spacial score (nSPS) is 19.0. The van der Waals surface area contributed by atoms with Gasteiger partial charge < -0.3 is 4.90 Å². The smallest absolute Gasteiger partial charge is 0.269 e. The minimum absolute atomic E-state index is 0.258. The van der Waals surface area contributed by atoms with Gasteiger partial charge in [0.05, 0.1) is 11.3 Å². The number of hydrogen-bond acceptors (Lipinski definition) is 5. The Morgan fingerprint density at radius 2 is 1.75 bits per heavy atom. The zero-order chi connectivity index (χ0) is 15.6. The lowest BCUT2D eigenvalue weighted by molar-refractivity contribution is 0.232. The predicted molar refractivity (Wildman–Crippen MR) is 75.5 cm³/mol. The SMILES string of the molecule is CC1(C)C=C(CS(=O)(=O)O)C=CN1CCCS(=O)(=O)O. The summed E-state index contributed by atoms with van der Waals surface area (Å²) in [6.07, 6.45) is 5.18. The van der Waals surface area contributed by atoms with E-state index in [4.69, 9.17) is 9.11 Å². The van der Waals surface area contributed by atoms with Crippen LogP contribution in [-0.4, -0.2) is 54.4 Å². The highest BCUT2D eigenvalue weighted by Crippen LogP contribution is 2.24. The van der Waals surface area contributed by atoms with E-state index in [1.165, 1.54) is 0 Å². The van der Waals surface area contributed by atoms with E-state index < -0.39 is 31.5 Å². The van der Waals surface area contributed by atoms with Crippen LogP contribution in [0.25, 0.3) is 0 Å². The second-order valence-electron chi connectivity index (χ2n) is 5.25. The van der Waals surface area contributed by atoms with E-state index in [1.54, 1.807) is 18.4 Å². The highest BCUT2D eigenvalue weighted by molar-refractivity contribution is 7.86. The zero-order valence-electron chi connectivity index (χ0n) is 11.4. The molecule has 7 nitrogen and oxygen atoms in total. The van der Waals surface area contributed by atoms with E-state index in [0.717, 1.165) is 0 Å². The van der Waals surface area contributed by atoms with Crippen molar-refractivity contribution >= 4 is 20.2 Å². The summed E-state index contributed by atoms with van der Waals surface area (Å²) in [6, 6.07) is 0. The highest BCUT2D eigenvalue weighted by Gasteiger charge is 2.26. The Labute approximate surface area is 119 Å². The average Bonchev–Trinajstić information content (AvgIpc) is 2.16. The van der Waals surface area contributed by atoms with Crippen LogP contribution in [0.15, 0.2) is 23.9 Å². The van der Waals surface area contributed by atoms with Gasteiger partial charge in [-0.2, -0.15) is 16.8 Å². The molecule has 0 saturated heterocycles. The minimum Gasteiger partial charge on any atom is -0.369 e. The summed E-state index contributed by atoms with van der Waals surface area (Å²) in [5, 5.41) is 0. The van der Waals surface area contributed by atoms with Crippen LogP contribution in [0, 0.1) is 0 Å². The molecular formula is C11H19NO6S2. The molecule has 0 amide bonds. The van der Waals surface area contributed by atoms with Crippen molar-refractivity contribution in [3.8, 4) is 0 Å². The molecule has 9 heteroatoms. The monoisotopic (exact) mass is 325 g/mol. The topological polar surface area (TPSA) is 112 Å². The third-order valence-electron chi connectivity index (χ3n) is 2.90. The summed E-state index contributed by atoms with van der Waals surface area (Å²) in [5.41, 5.74) is -0.0305. The van der Waals surface area contributed by atoms with Crippen molar-refractivity contribution < 1.29 is 25.9 Å². The van der Waals surface area contributed by atoms with Crippen molar-refractivity contribution in [3.05, 3.63) is 23.9 Å². The van der Waals surface area contributed by atoms with Gasteiger partial charge in [-0.05, 0) is 31.9 Å². The van der Waals surface area contributed by atoms with Gasteiger partial charge in [0.15, 0.2) is 0 Å². The largest absolute Gasteiger partial charge is 0.369 e. The third kappa shape index (κ3) is 6.04. The van der Waals surface area contributed by atoms with Crippen molar-refractivity contribution in [1.29, 1.82) is 0 Å². The standard InChI is InChI=1S/C11H19NO6S2/c1-11(2)8-10(9-20(16,17)18)4-6-12(11)5-3-7-19(13,14)15/h4,6,8H,3,5,7,9H2,1-2H3,(H,13,14,15)(H,16,17,18). The molecular weight excluding hydrogens is 306 g/mol. The van der Waals surface area contributed by atoms with Crippen LogP contribution in [0.2, 0.25) is 0 Å². The van der Waals surface area contributed by atoms with E-state index in [9.17, 15) is 16.8 Å². The maximum atomic E-state index is 10.8. The fraction of sp³-hybridized carbons (Fsp3) is 0.636. The Morgan fingerprint density at radius 1 is 1.15 bits per heavy atom. The summed E-state index contributed by atoms with van der Waals surface area (Å²) in [4.78, 5) is 1.84. The summed E-state index contributed by atoms with van der Waals surface area (Å²) >= 11 is 0. The first-order valence-corrected chi connectivity index (χ1v) is 9.18. The summed E-state index contributed by atoms with van der Waals surface area (Å²) in [5.74, 6) is -0.777. The van der Waals surface area contributed by atoms with Gasteiger partial charge in [-0.1, -0.05) is 6.08 Å². The molecule has 0 bridgehead atoms. The average molecular weight is 325 g/mol. The van der Waals surface area contributed by atoms with Crippen molar-refractivity contribution in [2.45, 2.75) is 25.8 Å². The third-order valence-corrected chi connectivity index (χ3v) is 4.40. The number of allylic oxidation sites excluding steroid dienone is 1. The molecule has 0 aromatic rings. The van der Waals surface area contributed by atoms with Crippen molar-refractivity contribution in [3.63, 3.8) is 0 Å². The molecule has 1 aliphatic heterocycles. The Morgan fingerprint density at radius 3 is 2.20 bits per heavy atom. The van der Waals surface area contributed by atoms with E-state index in [2.05, 4.69) is 0 Å². The molecule has 2 N–H and O–H groups in total. The van der Waals surface area contributed by atoms with E-state index in [-0.39, 0.29) is 12.2 Å². The van der Waals surface area contributed by atoms with Crippen LogP contribution < -0.4 is 0 Å².